The normalized spacial score (nSPS) is 16.3. The van der Waals surface area contributed by atoms with E-state index in [2.05, 4.69) is 6.92 Å². The van der Waals surface area contributed by atoms with E-state index in [0.717, 1.165) is 36.8 Å². The highest BCUT2D eigenvalue weighted by Gasteiger charge is 2.18. The van der Waals surface area contributed by atoms with Gasteiger partial charge in [-0.3, -0.25) is 0 Å². The summed E-state index contributed by atoms with van der Waals surface area (Å²) < 4.78 is 44.3. The van der Waals surface area contributed by atoms with E-state index in [1.807, 2.05) is 30.5 Å². The minimum atomic E-state index is -1.03. The number of halogens is 2. The van der Waals surface area contributed by atoms with Crippen LogP contribution in [0.5, 0.6) is 11.5 Å². The second-order valence-electron chi connectivity index (χ2n) is 6.84. The summed E-state index contributed by atoms with van der Waals surface area (Å²) in [5.74, 6) is -2.30. The lowest BCUT2D eigenvalue weighted by Crippen LogP contribution is -2.07. The number of hydrogen-bond donors (Lipinski definition) is 0. The summed E-state index contributed by atoms with van der Waals surface area (Å²) >= 11 is 0. The van der Waals surface area contributed by atoms with Crippen molar-refractivity contribution in [3.05, 3.63) is 71.0 Å². The maximum atomic E-state index is 14.1. The quantitative estimate of drug-likeness (QED) is 0.518. The van der Waals surface area contributed by atoms with Crippen molar-refractivity contribution in [1.82, 2.24) is 0 Å². The number of rotatable bonds is 8. The molecule has 1 heterocycles. The van der Waals surface area contributed by atoms with Crippen molar-refractivity contribution in [2.45, 2.75) is 52.2 Å². The van der Waals surface area contributed by atoms with E-state index in [-0.39, 0.29) is 30.8 Å². The van der Waals surface area contributed by atoms with Crippen molar-refractivity contribution in [2.75, 3.05) is 6.61 Å². The fourth-order valence-electron chi connectivity index (χ4n) is 3.25. The molecule has 1 atom stereocenters. The van der Waals surface area contributed by atoms with Crippen molar-refractivity contribution < 1.29 is 23.0 Å². The minimum Gasteiger partial charge on any atom is -0.493 e. The summed E-state index contributed by atoms with van der Waals surface area (Å²) in [6.45, 7) is 4.30. The number of hydrogen-bond acceptors (Lipinski definition) is 3. The average molecular weight is 388 g/mol. The standard InChI is InChI=1S/C23H26F2O3/c1-3-5-16-8-11-19(27-14-16)18-9-6-17(7-10-18)15-28-21-13-12-20(26-4-2)22(24)23(21)25/h6-7,9-10,12-14,19H,3-5,8,11,15H2,1-2H3. The third-order valence-corrected chi connectivity index (χ3v) is 4.75. The molecule has 0 amide bonds. The molecule has 0 saturated carbocycles. The first-order valence-electron chi connectivity index (χ1n) is 9.78. The van der Waals surface area contributed by atoms with Crippen LogP contribution in [0.3, 0.4) is 0 Å². The van der Waals surface area contributed by atoms with Crippen molar-refractivity contribution in [3.8, 4) is 11.5 Å². The molecule has 0 saturated heterocycles. The van der Waals surface area contributed by atoms with Crippen LogP contribution in [0.1, 0.15) is 56.8 Å². The fraction of sp³-hybridized carbons (Fsp3) is 0.391. The zero-order valence-electron chi connectivity index (χ0n) is 16.3. The van der Waals surface area contributed by atoms with Crippen LogP contribution < -0.4 is 9.47 Å². The van der Waals surface area contributed by atoms with Crippen molar-refractivity contribution in [3.63, 3.8) is 0 Å². The van der Waals surface area contributed by atoms with Gasteiger partial charge in [0.25, 0.3) is 0 Å². The molecular formula is C23H26F2O3. The lowest BCUT2D eigenvalue weighted by Gasteiger charge is -2.23. The Morgan fingerprint density at radius 2 is 1.64 bits per heavy atom. The van der Waals surface area contributed by atoms with Gasteiger partial charge in [-0.1, -0.05) is 37.6 Å². The monoisotopic (exact) mass is 388 g/mol. The molecule has 2 aromatic carbocycles. The van der Waals surface area contributed by atoms with Crippen LogP contribution in [0, 0.1) is 11.6 Å². The second-order valence-corrected chi connectivity index (χ2v) is 6.84. The van der Waals surface area contributed by atoms with Gasteiger partial charge in [-0.05, 0) is 55.0 Å². The lowest BCUT2D eigenvalue weighted by molar-refractivity contribution is 0.119. The molecule has 3 rings (SSSR count). The molecule has 1 aliphatic rings. The molecule has 28 heavy (non-hydrogen) atoms. The molecule has 2 aromatic rings. The third kappa shape index (κ3) is 4.83. The van der Waals surface area contributed by atoms with Crippen molar-refractivity contribution in [1.29, 1.82) is 0 Å². The Bertz CT molecular complexity index is 815. The van der Waals surface area contributed by atoms with E-state index in [1.165, 1.54) is 17.7 Å². The van der Waals surface area contributed by atoms with Gasteiger partial charge in [0.15, 0.2) is 11.5 Å². The van der Waals surface area contributed by atoms with Crippen LogP contribution >= 0.6 is 0 Å². The Kier molecular flexibility index (Phi) is 6.90. The highest BCUT2D eigenvalue weighted by molar-refractivity contribution is 5.35. The van der Waals surface area contributed by atoms with Crippen molar-refractivity contribution >= 4 is 0 Å². The number of ether oxygens (including phenoxy) is 3. The highest BCUT2D eigenvalue weighted by Crippen LogP contribution is 2.32. The largest absolute Gasteiger partial charge is 0.493 e. The molecule has 1 unspecified atom stereocenters. The van der Waals surface area contributed by atoms with Crippen LogP contribution in [-0.4, -0.2) is 6.61 Å². The SMILES string of the molecule is CCCC1=COC(c2ccc(COc3ccc(OCC)c(F)c3F)cc2)CC1. The van der Waals surface area contributed by atoms with Crippen LogP contribution in [0.4, 0.5) is 8.78 Å². The van der Waals surface area contributed by atoms with E-state index in [9.17, 15) is 8.78 Å². The first-order chi connectivity index (χ1) is 13.6. The molecule has 0 aliphatic carbocycles. The van der Waals surface area contributed by atoms with Gasteiger partial charge < -0.3 is 14.2 Å². The van der Waals surface area contributed by atoms with Gasteiger partial charge in [0.05, 0.1) is 12.9 Å². The summed E-state index contributed by atoms with van der Waals surface area (Å²) in [5, 5.41) is 0. The first kappa shape index (κ1) is 20.2. The van der Waals surface area contributed by atoms with Crippen LogP contribution in [-0.2, 0) is 11.3 Å². The van der Waals surface area contributed by atoms with Gasteiger partial charge in [-0.25, -0.2) is 0 Å². The topological polar surface area (TPSA) is 27.7 Å². The lowest BCUT2D eigenvalue weighted by atomic mass is 9.97. The zero-order valence-corrected chi connectivity index (χ0v) is 16.3. The molecule has 0 fully saturated rings. The Hall–Kier alpha value is -2.56. The minimum absolute atomic E-state index is 0.0632. The predicted molar refractivity (Wildman–Crippen MR) is 104 cm³/mol. The summed E-state index contributed by atoms with van der Waals surface area (Å²) in [6.07, 6.45) is 6.22. The molecule has 1 aliphatic heterocycles. The predicted octanol–water partition coefficient (Wildman–Crippen LogP) is 6.48. The second kappa shape index (κ2) is 9.58. The van der Waals surface area contributed by atoms with E-state index >= 15 is 0 Å². The van der Waals surface area contributed by atoms with E-state index < -0.39 is 11.6 Å². The zero-order chi connectivity index (χ0) is 19.9. The van der Waals surface area contributed by atoms with Gasteiger partial charge in [0.1, 0.15) is 12.7 Å². The Morgan fingerprint density at radius 1 is 0.964 bits per heavy atom. The van der Waals surface area contributed by atoms with Gasteiger partial charge in [-0.2, -0.15) is 8.78 Å². The van der Waals surface area contributed by atoms with Crippen LogP contribution in [0.15, 0.2) is 48.2 Å². The summed E-state index contributed by atoms with van der Waals surface area (Å²) in [6, 6.07) is 10.6. The Balaban J connectivity index is 1.59. The summed E-state index contributed by atoms with van der Waals surface area (Å²) in [5.41, 5.74) is 3.35. The molecule has 0 spiro atoms. The van der Waals surface area contributed by atoms with Gasteiger partial charge in [0.2, 0.25) is 11.6 Å². The Morgan fingerprint density at radius 3 is 2.21 bits per heavy atom. The van der Waals surface area contributed by atoms with Crippen molar-refractivity contribution in [2.24, 2.45) is 0 Å². The molecule has 0 N–H and O–H groups in total. The molecule has 0 radical (unpaired) electrons. The molecule has 5 heteroatoms. The van der Waals surface area contributed by atoms with Gasteiger partial charge in [-0.15, -0.1) is 0 Å². The highest BCUT2D eigenvalue weighted by atomic mass is 19.2. The van der Waals surface area contributed by atoms with Crippen LogP contribution in [0.2, 0.25) is 0 Å². The molecule has 0 bridgehead atoms. The number of benzene rings is 2. The number of allylic oxidation sites excluding steroid dienone is 1. The first-order valence-corrected chi connectivity index (χ1v) is 9.78. The van der Waals surface area contributed by atoms with Crippen LogP contribution in [0.25, 0.3) is 0 Å². The van der Waals surface area contributed by atoms with E-state index in [1.54, 1.807) is 6.92 Å². The van der Waals surface area contributed by atoms with Gasteiger partial charge in [0, 0.05) is 0 Å². The maximum absolute atomic E-state index is 14.1. The molecular weight excluding hydrogens is 362 g/mol. The summed E-state index contributed by atoms with van der Waals surface area (Å²) in [4.78, 5) is 0. The smallest absolute Gasteiger partial charge is 0.204 e. The maximum Gasteiger partial charge on any atom is 0.204 e. The van der Waals surface area contributed by atoms with E-state index in [4.69, 9.17) is 14.2 Å². The molecule has 150 valence electrons. The average Bonchev–Trinajstić information content (AvgIpc) is 2.72. The molecule has 0 aromatic heterocycles. The molecule has 3 nitrogen and oxygen atoms in total. The summed E-state index contributed by atoms with van der Waals surface area (Å²) in [7, 11) is 0. The fourth-order valence-corrected chi connectivity index (χ4v) is 3.25. The Labute approximate surface area is 164 Å². The third-order valence-electron chi connectivity index (χ3n) is 4.75. The van der Waals surface area contributed by atoms with E-state index in [0.29, 0.717) is 0 Å². The van der Waals surface area contributed by atoms with Gasteiger partial charge >= 0.3 is 0 Å².